The van der Waals surface area contributed by atoms with Crippen molar-refractivity contribution in [2.75, 3.05) is 30.8 Å². The molecule has 1 aromatic rings. The van der Waals surface area contributed by atoms with Crippen molar-refractivity contribution in [3.8, 4) is 0 Å². The SMILES string of the molecule is CCCCNC(=O)CN1C(=O)CSc2ccc(S(=O)(=O)N(C)C3CCCCC3)cc21. The van der Waals surface area contributed by atoms with Gasteiger partial charge in [0.15, 0.2) is 0 Å². The van der Waals surface area contributed by atoms with Crippen LogP contribution in [0.3, 0.4) is 0 Å². The number of nitrogens with one attached hydrogen (secondary N) is 1. The molecule has 0 saturated heterocycles. The molecule has 30 heavy (non-hydrogen) atoms. The molecule has 3 rings (SSSR count). The second-order valence-electron chi connectivity index (χ2n) is 7.91. The number of rotatable bonds is 8. The fourth-order valence-corrected chi connectivity index (χ4v) is 6.28. The van der Waals surface area contributed by atoms with Gasteiger partial charge in [0.25, 0.3) is 0 Å². The van der Waals surface area contributed by atoms with E-state index < -0.39 is 10.0 Å². The third-order valence-corrected chi connectivity index (χ3v) is 8.75. The fourth-order valence-electron chi connectivity index (χ4n) is 3.93. The number of benzene rings is 1. The number of unbranched alkanes of at least 4 members (excludes halogenated alkanes) is 1. The van der Waals surface area contributed by atoms with Crippen LogP contribution in [0.2, 0.25) is 0 Å². The van der Waals surface area contributed by atoms with Crippen molar-refractivity contribution in [2.24, 2.45) is 0 Å². The summed E-state index contributed by atoms with van der Waals surface area (Å²) in [7, 11) is -2.03. The minimum absolute atomic E-state index is 0.0104. The van der Waals surface area contributed by atoms with E-state index in [1.54, 1.807) is 25.2 Å². The Balaban J connectivity index is 1.83. The van der Waals surface area contributed by atoms with Crippen molar-refractivity contribution in [3.05, 3.63) is 18.2 Å². The van der Waals surface area contributed by atoms with Gasteiger partial charge in [-0.05, 0) is 37.5 Å². The van der Waals surface area contributed by atoms with Crippen LogP contribution in [0, 0.1) is 0 Å². The topological polar surface area (TPSA) is 86.8 Å². The van der Waals surface area contributed by atoms with Crippen LogP contribution in [0.5, 0.6) is 0 Å². The number of sulfonamides is 1. The first kappa shape index (κ1) is 23.1. The van der Waals surface area contributed by atoms with Gasteiger partial charge < -0.3 is 10.2 Å². The van der Waals surface area contributed by atoms with Crippen molar-refractivity contribution in [1.82, 2.24) is 9.62 Å². The molecule has 1 aliphatic heterocycles. The molecule has 1 saturated carbocycles. The molecule has 1 aromatic carbocycles. The van der Waals surface area contributed by atoms with E-state index in [-0.39, 0.29) is 35.0 Å². The minimum Gasteiger partial charge on any atom is -0.355 e. The lowest BCUT2D eigenvalue weighted by Crippen LogP contribution is -2.43. The number of nitrogens with zero attached hydrogens (tertiary/aromatic N) is 2. The third kappa shape index (κ3) is 5.18. The second kappa shape index (κ2) is 10.2. The number of carbonyl (C=O) groups excluding carboxylic acids is 2. The van der Waals surface area contributed by atoms with Gasteiger partial charge in [-0.1, -0.05) is 32.6 Å². The molecule has 0 unspecified atom stereocenters. The lowest BCUT2D eigenvalue weighted by atomic mass is 9.96. The predicted octanol–water partition coefficient (Wildman–Crippen LogP) is 2.99. The third-order valence-electron chi connectivity index (χ3n) is 5.79. The zero-order chi connectivity index (χ0) is 21.7. The molecule has 0 bridgehead atoms. The van der Waals surface area contributed by atoms with Crippen LogP contribution in [0.4, 0.5) is 5.69 Å². The Hall–Kier alpha value is -1.58. The van der Waals surface area contributed by atoms with Gasteiger partial charge in [-0.25, -0.2) is 8.42 Å². The molecular formula is C21H31N3O4S2. The Bertz CT molecular complexity index is 882. The lowest BCUT2D eigenvalue weighted by Gasteiger charge is -2.32. The molecule has 7 nitrogen and oxygen atoms in total. The zero-order valence-electron chi connectivity index (χ0n) is 17.7. The molecule has 2 amide bonds. The zero-order valence-corrected chi connectivity index (χ0v) is 19.4. The smallest absolute Gasteiger partial charge is 0.243 e. The van der Waals surface area contributed by atoms with Gasteiger partial charge in [-0.2, -0.15) is 4.31 Å². The fraction of sp³-hybridized carbons (Fsp3) is 0.619. The van der Waals surface area contributed by atoms with E-state index in [9.17, 15) is 18.0 Å². The van der Waals surface area contributed by atoms with Crippen molar-refractivity contribution < 1.29 is 18.0 Å². The first-order chi connectivity index (χ1) is 14.3. The largest absolute Gasteiger partial charge is 0.355 e. The van der Waals surface area contributed by atoms with E-state index in [2.05, 4.69) is 5.32 Å². The summed E-state index contributed by atoms with van der Waals surface area (Å²) in [5.74, 6) is -0.181. The Kier molecular flexibility index (Phi) is 7.81. The number of carbonyl (C=O) groups is 2. The first-order valence-corrected chi connectivity index (χ1v) is 13.1. The highest BCUT2D eigenvalue weighted by Crippen LogP contribution is 2.37. The highest BCUT2D eigenvalue weighted by molar-refractivity contribution is 8.00. The molecule has 0 aromatic heterocycles. The molecule has 1 fully saturated rings. The molecule has 166 valence electrons. The standard InChI is InChI=1S/C21H31N3O4S2/c1-3-4-12-22-20(25)14-24-18-13-17(10-11-19(18)29-15-21(24)26)30(27,28)23(2)16-8-6-5-7-9-16/h10-11,13,16H,3-9,12,14-15H2,1-2H3,(H,22,25). The maximum atomic E-state index is 13.2. The van der Waals surface area contributed by atoms with Crippen LogP contribution < -0.4 is 10.2 Å². The summed E-state index contributed by atoms with van der Waals surface area (Å²) < 4.78 is 28.0. The molecule has 1 N–H and O–H groups in total. The van der Waals surface area contributed by atoms with Crippen molar-refractivity contribution >= 4 is 39.3 Å². The number of hydrogen-bond acceptors (Lipinski definition) is 5. The van der Waals surface area contributed by atoms with Gasteiger partial charge in [0.1, 0.15) is 6.54 Å². The Morgan fingerprint density at radius 1 is 1.27 bits per heavy atom. The quantitative estimate of drug-likeness (QED) is 0.612. The number of hydrogen-bond donors (Lipinski definition) is 1. The maximum Gasteiger partial charge on any atom is 0.243 e. The summed E-state index contributed by atoms with van der Waals surface area (Å²) in [6, 6.07) is 4.91. The number of amides is 2. The number of thioether (sulfide) groups is 1. The molecule has 0 radical (unpaired) electrons. The highest BCUT2D eigenvalue weighted by Gasteiger charge is 2.32. The highest BCUT2D eigenvalue weighted by atomic mass is 32.2. The average molecular weight is 454 g/mol. The van der Waals surface area contributed by atoms with Gasteiger partial charge >= 0.3 is 0 Å². The summed E-state index contributed by atoms with van der Waals surface area (Å²) in [5, 5.41) is 2.82. The van der Waals surface area contributed by atoms with Crippen LogP contribution in [0.1, 0.15) is 51.9 Å². The van der Waals surface area contributed by atoms with E-state index in [4.69, 9.17) is 0 Å². The predicted molar refractivity (Wildman–Crippen MR) is 119 cm³/mol. The number of fused-ring (bicyclic) bond motifs is 1. The molecule has 2 aliphatic rings. The molecule has 0 spiro atoms. The molecule has 1 heterocycles. The van der Waals surface area contributed by atoms with E-state index >= 15 is 0 Å². The van der Waals surface area contributed by atoms with E-state index in [1.165, 1.54) is 21.0 Å². The molecular weight excluding hydrogens is 422 g/mol. The van der Waals surface area contributed by atoms with Gasteiger partial charge in [0, 0.05) is 24.5 Å². The van der Waals surface area contributed by atoms with Gasteiger partial charge in [-0.15, -0.1) is 11.8 Å². The van der Waals surface area contributed by atoms with Gasteiger partial charge in [0.2, 0.25) is 21.8 Å². The molecule has 1 aliphatic carbocycles. The van der Waals surface area contributed by atoms with Crippen LogP contribution >= 0.6 is 11.8 Å². The van der Waals surface area contributed by atoms with Crippen LogP contribution in [0.15, 0.2) is 28.0 Å². The summed E-state index contributed by atoms with van der Waals surface area (Å²) in [5.41, 5.74) is 0.500. The van der Waals surface area contributed by atoms with E-state index in [0.29, 0.717) is 12.2 Å². The van der Waals surface area contributed by atoms with Crippen molar-refractivity contribution in [1.29, 1.82) is 0 Å². The van der Waals surface area contributed by atoms with E-state index in [1.807, 2.05) is 6.92 Å². The maximum absolute atomic E-state index is 13.2. The number of anilines is 1. The normalized spacial score (nSPS) is 17.8. The van der Waals surface area contributed by atoms with Gasteiger partial charge in [0.05, 0.1) is 16.3 Å². The average Bonchev–Trinajstić information content (AvgIpc) is 2.75. The summed E-state index contributed by atoms with van der Waals surface area (Å²) >= 11 is 1.37. The minimum atomic E-state index is -3.67. The lowest BCUT2D eigenvalue weighted by molar-refractivity contribution is -0.123. The van der Waals surface area contributed by atoms with Crippen LogP contribution in [-0.2, 0) is 19.6 Å². The molecule has 0 atom stereocenters. The second-order valence-corrected chi connectivity index (χ2v) is 10.9. The van der Waals surface area contributed by atoms with E-state index in [0.717, 1.165) is 49.8 Å². The summed E-state index contributed by atoms with van der Waals surface area (Å²) in [6.45, 7) is 2.51. The monoisotopic (exact) mass is 453 g/mol. The first-order valence-electron chi connectivity index (χ1n) is 10.7. The van der Waals surface area contributed by atoms with Crippen molar-refractivity contribution in [2.45, 2.75) is 67.7 Å². The summed E-state index contributed by atoms with van der Waals surface area (Å²) in [4.78, 5) is 27.2. The Labute approximate surface area is 183 Å². The van der Waals surface area contributed by atoms with Crippen LogP contribution in [-0.4, -0.2) is 56.5 Å². The molecule has 9 heteroatoms. The van der Waals surface area contributed by atoms with Crippen LogP contribution in [0.25, 0.3) is 0 Å². The summed E-state index contributed by atoms with van der Waals surface area (Å²) in [6.07, 6.45) is 6.83. The Morgan fingerprint density at radius 3 is 2.70 bits per heavy atom. The van der Waals surface area contributed by atoms with Gasteiger partial charge in [-0.3, -0.25) is 9.59 Å². The van der Waals surface area contributed by atoms with Crippen molar-refractivity contribution in [3.63, 3.8) is 0 Å². The Morgan fingerprint density at radius 2 is 2.00 bits per heavy atom.